The fourth-order valence-corrected chi connectivity index (χ4v) is 2.96. The van der Waals surface area contributed by atoms with E-state index in [1.165, 1.54) is 11.5 Å². The van der Waals surface area contributed by atoms with Crippen molar-refractivity contribution >= 4 is 11.5 Å². The summed E-state index contributed by atoms with van der Waals surface area (Å²) in [6, 6.07) is 5.39. The highest BCUT2D eigenvalue weighted by molar-refractivity contribution is 7.05. The number of nitrogens with zero attached hydrogens (tertiary/aromatic N) is 2. The van der Waals surface area contributed by atoms with Gasteiger partial charge in [0, 0.05) is 0 Å². The van der Waals surface area contributed by atoms with E-state index in [0.717, 1.165) is 35.5 Å². The van der Waals surface area contributed by atoms with Crippen LogP contribution in [-0.2, 0) is 6.42 Å². The molecule has 3 nitrogen and oxygen atoms in total. The minimum Gasteiger partial charge on any atom is -0.305 e. The second kappa shape index (κ2) is 6.90. The number of aryl methyl sites for hydroxylation is 2. The zero-order valence-electron chi connectivity index (χ0n) is 12.1. The molecule has 0 saturated carbocycles. The highest BCUT2D eigenvalue weighted by atomic mass is 32.1. The number of halogens is 1. The van der Waals surface area contributed by atoms with Crippen LogP contribution in [0, 0.1) is 12.7 Å². The SMILES string of the molecule is CCCNC(c1ccc(C)c(F)c1)c1snnc1CC. The van der Waals surface area contributed by atoms with Gasteiger partial charge in [0.2, 0.25) is 0 Å². The van der Waals surface area contributed by atoms with Crippen LogP contribution in [0.2, 0.25) is 0 Å². The summed E-state index contributed by atoms with van der Waals surface area (Å²) in [4.78, 5) is 1.09. The monoisotopic (exact) mass is 293 g/mol. The minimum absolute atomic E-state index is 0.0278. The number of benzene rings is 1. The molecule has 20 heavy (non-hydrogen) atoms. The summed E-state index contributed by atoms with van der Waals surface area (Å²) in [7, 11) is 0. The van der Waals surface area contributed by atoms with Crippen molar-refractivity contribution < 1.29 is 4.39 Å². The van der Waals surface area contributed by atoms with Gasteiger partial charge in [-0.15, -0.1) is 5.10 Å². The van der Waals surface area contributed by atoms with E-state index < -0.39 is 0 Å². The van der Waals surface area contributed by atoms with Gasteiger partial charge in [-0.1, -0.05) is 30.5 Å². The first kappa shape index (κ1) is 15.1. The summed E-state index contributed by atoms with van der Waals surface area (Å²) < 4.78 is 17.9. The summed E-state index contributed by atoms with van der Waals surface area (Å²) in [5.74, 6) is -0.165. The van der Waals surface area contributed by atoms with Gasteiger partial charge in [-0.05, 0) is 55.0 Å². The third kappa shape index (κ3) is 3.22. The molecule has 0 bridgehead atoms. The van der Waals surface area contributed by atoms with Crippen LogP contribution >= 0.6 is 11.5 Å². The largest absolute Gasteiger partial charge is 0.305 e. The summed E-state index contributed by atoms with van der Waals surface area (Å²) in [5.41, 5.74) is 2.59. The Hall–Kier alpha value is -1.33. The van der Waals surface area contributed by atoms with Crippen molar-refractivity contribution in [2.45, 2.75) is 39.7 Å². The Kier molecular flexibility index (Phi) is 5.20. The van der Waals surface area contributed by atoms with E-state index in [2.05, 4.69) is 28.8 Å². The lowest BCUT2D eigenvalue weighted by Gasteiger charge is -2.18. The molecule has 108 valence electrons. The highest BCUT2D eigenvalue weighted by Crippen LogP contribution is 2.28. The molecule has 1 heterocycles. The quantitative estimate of drug-likeness (QED) is 0.883. The Morgan fingerprint density at radius 3 is 2.80 bits per heavy atom. The first-order valence-electron chi connectivity index (χ1n) is 6.97. The average Bonchev–Trinajstić information content (AvgIpc) is 2.91. The molecule has 1 atom stereocenters. The number of rotatable bonds is 6. The van der Waals surface area contributed by atoms with E-state index in [4.69, 9.17) is 0 Å². The molecule has 1 N–H and O–H groups in total. The van der Waals surface area contributed by atoms with Gasteiger partial charge in [-0.3, -0.25) is 0 Å². The topological polar surface area (TPSA) is 37.8 Å². The van der Waals surface area contributed by atoms with E-state index in [9.17, 15) is 4.39 Å². The smallest absolute Gasteiger partial charge is 0.126 e. The Bertz CT molecular complexity index is 568. The molecular weight excluding hydrogens is 273 g/mol. The maximum absolute atomic E-state index is 13.8. The van der Waals surface area contributed by atoms with Gasteiger partial charge in [0.25, 0.3) is 0 Å². The summed E-state index contributed by atoms with van der Waals surface area (Å²) in [5, 5.41) is 7.64. The van der Waals surface area contributed by atoms with Crippen molar-refractivity contribution in [2.24, 2.45) is 0 Å². The predicted octanol–water partition coefficient (Wildman–Crippen LogP) is 3.64. The molecule has 1 aromatic carbocycles. The third-order valence-corrected chi connectivity index (χ3v) is 4.14. The number of hydrogen-bond acceptors (Lipinski definition) is 4. The first-order chi connectivity index (χ1) is 9.67. The van der Waals surface area contributed by atoms with E-state index in [0.29, 0.717) is 5.56 Å². The first-order valence-corrected chi connectivity index (χ1v) is 7.75. The van der Waals surface area contributed by atoms with Gasteiger partial charge in [0.1, 0.15) is 5.82 Å². The molecule has 5 heteroatoms. The van der Waals surface area contributed by atoms with Gasteiger partial charge in [-0.2, -0.15) is 0 Å². The van der Waals surface area contributed by atoms with Crippen LogP contribution in [0.5, 0.6) is 0 Å². The van der Waals surface area contributed by atoms with Gasteiger partial charge in [0.15, 0.2) is 0 Å². The summed E-state index contributed by atoms with van der Waals surface area (Å²) in [6.07, 6.45) is 1.86. The maximum atomic E-state index is 13.8. The normalized spacial score (nSPS) is 12.6. The van der Waals surface area contributed by atoms with Crippen molar-refractivity contribution in [1.82, 2.24) is 14.9 Å². The molecule has 0 fully saturated rings. The fraction of sp³-hybridized carbons (Fsp3) is 0.467. The van der Waals surface area contributed by atoms with Crippen LogP contribution in [0.4, 0.5) is 4.39 Å². The molecule has 0 aliphatic carbocycles. The van der Waals surface area contributed by atoms with Crippen LogP contribution in [0.15, 0.2) is 18.2 Å². The lowest BCUT2D eigenvalue weighted by Crippen LogP contribution is -2.23. The van der Waals surface area contributed by atoms with Crippen molar-refractivity contribution in [1.29, 1.82) is 0 Å². The van der Waals surface area contributed by atoms with Crippen molar-refractivity contribution in [2.75, 3.05) is 6.54 Å². The van der Waals surface area contributed by atoms with Crippen molar-refractivity contribution in [3.8, 4) is 0 Å². The van der Waals surface area contributed by atoms with Crippen molar-refractivity contribution in [3.05, 3.63) is 45.7 Å². The molecule has 0 saturated heterocycles. The van der Waals surface area contributed by atoms with Crippen LogP contribution < -0.4 is 5.32 Å². The zero-order chi connectivity index (χ0) is 14.5. The number of hydrogen-bond donors (Lipinski definition) is 1. The summed E-state index contributed by atoms with van der Waals surface area (Å²) in [6.45, 7) is 6.83. The van der Waals surface area contributed by atoms with Crippen LogP contribution in [0.25, 0.3) is 0 Å². The van der Waals surface area contributed by atoms with E-state index in [-0.39, 0.29) is 11.9 Å². The predicted molar refractivity (Wildman–Crippen MR) is 80.6 cm³/mol. The van der Waals surface area contributed by atoms with E-state index >= 15 is 0 Å². The lowest BCUT2D eigenvalue weighted by molar-refractivity contribution is 0.584. The lowest BCUT2D eigenvalue weighted by atomic mass is 10.0. The Labute approximate surface area is 123 Å². The molecule has 1 unspecified atom stereocenters. The van der Waals surface area contributed by atoms with Crippen LogP contribution in [-0.4, -0.2) is 16.1 Å². The van der Waals surface area contributed by atoms with Crippen LogP contribution in [0.1, 0.15) is 48.0 Å². The molecular formula is C15H20FN3S. The van der Waals surface area contributed by atoms with Crippen LogP contribution in [0.3, 0.4) is 0 Å². The molecule has 0 aliphatic rings. The molecule has 0 aliphatic heterocycles. The van der Waals surface area contributed by atoms with Crippen molar-refractivity contribution in [3.63, 3.8) is 0 Å². The molecule has 0 spiro atoms. The molecule has 0 amide bonds. The highest BCUT2D eigenvalue weighted by Gasteiger charge is 2.20. The number of nitrogens with one attached hydrogen (secondary N) is 1. The standard InChI is InChI=1S/C15H20FN3S/c1-4-8-17-14(15-13(5-2)18-19-20-15)11-7-6-10(3)12(16)9-11/h6-7,9,14,17H,4-5,8H2,1-3H3. The third-order valence-electron chi connectivity index (χ3n) is 3.31. The fourth-order valence-electron chi connectivity index (χ4n) is 2.12. The Morgan fingerprint density at radius 2 is 2.15 bits per heavy atom. The Balaban J connectivity index is 2.38. The minimum atomic E-state index is -0.165. The van der Waals surface area contributed by atoms with Gasteiger partial charge < -0.3 is 5.32 Å². The molecule has 2 rings (SSSR count). The van der Waals surface area contributed by atoms with E-state index in [1.54, 1.807) is 13.0 Å². The Morgan fingerprint density at radius 1 is 1.35 bits per heavy atom. The maximum Gasteiger partial charge on any atom is 0.126 e. The van der Waals surface area contributed by atoms with Gasteiger partial charge >= 0.3 is 0 Å². The van der Waals surface area contributed by atoms with Gasteiger partial charge in [-0.25, -0.2) is 4.39 Å². The average molecular weight is 293 g/mol. The van der Waals surface area contributed by atoms with E-state index in [1.807, 2.05) is 12.1 Å². The molecule has 1 aromatic heterocycles. The molecule has 0 radical (unpaired) electrons. The second-order valence-electron chi connectivity index (χ2n) is 4.83. The second-order valence-corrected chi connectivity index (χ2v) is 5.62. The van der Waals surface area contributed by atoms with Gasteiger partial charge in [0.05, 0.1) is 16.6 Å². The molecule has 2 aromatic rings. The summed E-state index contributed by atoms with van der Waals surface area (Å²) >= 11 is 1.39. The number of aromatic nitrogens is 2. The zero-order valence-corrected chi connectivity index (χ0v) is 12.9.